The number of imidazole rings is 4. The van der Waals surface area contributed by atoms with Gasteiger partial charge in [0.1, 0.15) is 44.5 Å². The second-order valence-corrected chi connectivity index (χ2v) is 8.78. The van der Waals surface area contributed by atoms with Crippen molar-refractivity contribution in [1.82, 2.24) is 28.2 Å². The Balaban J connectivity index is 0.000000292. The van der Waals surface area contributed by atoms with Crippen molar-refractivity contribution in [2.24, 2.45) is 0 Å². The molecular formula is C24H41IN8O4+2. The fraction of sp³-hybridized carbons (Fsp3) is 0.500. The molecule has 0 radical (unpaired) electrons. The first-order valence-electron chi connectivity index (χ1n) is 12.1. The average molecular weight is 633 g/mol. The van der Waals surface area contributed by atoms with Crippen LogP contribution in [-0.4, -0.2) is 79.5 Å². The lowest BCUT2D eigenvalue weighted by molar-refractivity contribution is -0.912. The van der Waals surface area contributed by atoms with E-state index in [0.717, 1.165) is 30.6 Å². The monoisotopic (exact) mass is 632 g/mol. The topological polar surface area (TPSA) is 134 Å². The van der Waals surface area contributed by atoms with Crippen molar-refractivity contribution >= 4 is 22.6 Å². The van der Waals surface area contributed by atoms with Gasteiger partial charge in [0, 0.05) is 35.8 Å². The molecule has 4 heterocycles. The third kappa shape index (κ3) is 15.3. The van der Waals surface area contributed by atoms with Crippen LogP contribution in [0.5, 0.6) is 0 Å². The quantitative estimate of drug-likeness (QED) is 0.106. The Morgan fingerprint density at radius 1 is 0.703 bits per heavy atom. The Kier molecular flexibility index (Phi) is 18.8. The van der Waals surface area contributed by atoms with Crippen LogP contribution < -0.4 is 9.13 Å². The maximum atomic E-state index is 8.82. The molecule has 206 valence electrons. The highest BCUT2D eigenvalue weighted by Gasteiger charge is 2.08. The first-order chi connectivity index (χ1) is 18.1. The van der Waals surface area contributed by atoms with Crippen molar-refractivity contribution in [3.8, 4) is 0 Å². The molecule has 0 bridgehead atoms. The van der Waals surface area contributed by atoms with Crippen LogP contribution in [0.15, 0.2) is 74.9 Å². The molecule has 0 aliphatic rings. The van der Waals surface area contributed by atoms with Gasteiger partial charge in [0.25, 0.3) is 0 Å². The normalized spacial score (nSPS) is 10.0. The number of hydrogen-bond acceptors (Lipinski definition) is 6. The predicted molar refractivity (Wildman–Crippen MR) is 147 cm³/mol. The first kappa shape index (κ1) is 32.4. The second kappa shape index (κ2) is 21.5. The minimum Gasteiger partial charge on any atom is -0.396 e. The summed E-state index contributed by atoms with van der Waals surface area (Å²) in [5.41, 5.74) is 0. The molecule has 0 aliphatic carbocycles. The smallest absolute Gasteiger partial charge is 0.247 e. The van der Waals surface area contributed by atoms with Crippen LogP contribution in [0, 0.1) is 0 Å². The molecular weight excluding hydrogens is 591 g/mol. The number of nitrogens with zero attached hydrogens (tertiary/aromatic N) is 8. The van der Waals surface area contributed by atoms with E-state index in [1.54, 1.807) is 25.0 Å². The fourth-order valence-electron chi connectivity index (χ4n) is 2.82. The summed E-state index contributed by atoms with van der Waals surface area (Å²) in [6.45, 7) is 5.72. The zero-order valence-electron chi connectivity index (χ0n) is 21.5. The van der Waals surface area contributed by atoms with Gasteiger partial charge in [0.05, 0.1) is 32.5 Å². The summed E-state index contributed by atoms with van der Waals surface area (Å²) in [5.74, 6) is 0. The van der Waals surface area contributed by atoms with E-state index in [9.17, 15) is 0 Å². The molecule has 4 aromatic rings. The standard InChI is InChI=1S/C11H18N4O2.C7H8N4.C4H10O.C2H5IO/c16-7-5-12-1-3-14(9-12)11-15-4-2-13(10-15)6-8-17;1-3-10(5-8-1)7-11-4-2-9-6-11;1-2-3-4-5;3-1-2-4/h1-4,9-10,16-17H,5-8,11H2;1-6H,7H2;5H,2-4H2,1H3;4H,1-2H2/q+2;;;. The number of aromatic nitrogens is 8. The van der Waals surface area contributed by atoms with Gasteiger partial charge in [0.2, 0.25) is 19.3 Å². The van der Waals surface area contributed by atoms with E-state index >= 15 is 0 Å². The predicted octanol–water partition coefficient (Wildman–Crippen LogP) is 0.133. The number of alkyl halides is 1. The van der Waals surface area contributed by atoms with Crippen LogP contribution in [0.1, 0.15) is 19.8 Å². The molecule has 4 N–H and O–H groups in total. The van der Waals surface area contributed by atoms with Crippen molar-refractivity contribution in [2.45, 2.75) is 46.2 Å². The van der Waals surface area contributed by atoms with Crippen LogP contribution >= 0.6 is 22.6 Å². The van der Waals surface area contributed by atoms with Crippen LogP contribution in [0.4, 0.5) is 0 Å². The molecule has 12 nitrogen and oxygen atoms in total. The number of aliphatic hydroxyl groups is 4. The minimum absolute atomic E-state index is 0.148. The third-order valence-electron chi connectivity index (χ3n) is 4.58. The van der Waals surface area contributed by atoms with Gasteiger partial charge in [-0.25, -0.2) is 19.1 Å². The number of halogens is 1. The fourth-order valence-corrected chi connectivity index (χ4v) is 2.82. The number of rotatable bonds is 11. The minimum atomic E-state index is 0.148. The Labute approximate surface area is 231 Å². The highest BCUT2D eigenvalue weighted by atomic mass is 127. The van der Waals surface area contributed by atoms with E-state index in [4.69, 9.17) is 20.4 Å². The molecule has 0 unspecified atom stereocenters. The van der Waals surface area contributed by atoms with Crippen molar-refractivity contribution in [3.63, 3.8) is 0 Å². The molecule has 37 heavy (non-hydrogen) atoms. The van der Waals surface area contributed by atoms with E-state index in [-0.39, 0.29) is 13.2 Å². The molecule has 0 spiro atoms. The van der Waals surface area contributed by atoms with Gasteiger partial charge < -0.3 is 29.6 Å². The third-order valence-corrected chi connectivity index (χ3v) is 5.06. The summed E-state index contributed by atoms with van der Waals surface area (Å²) in [6, 6.07) is 0. The lowest BCUT2D eigenvalue weighted by atomic mass is 10.4. The molecule has 13 heteroatoms. The van der Waals surface area contributed by atoms with Crippen LogP contribution in [0.25, 0.3) is 0 Å². The van der Waals surface area contributed by atoms with Gasteiger partial charge in [-0.05, 0) is 6.42 Å². The van der Waals surface area contributed by atoms with Crippen LogP contribution in [0.2, 0.25) is 0 Å². The lowest BCUT2D eigenvalue weighted by Crippen LogP contribution is -2.49. The highest BCUT2D eigenvalue weighted by Crippen LogP contribution is 1.90. The van der Waals surface area contributed by atoms with E-state index in [1.807, 2.05) is 77.2 Å². The summed E-state index contributed by atoms with van der Waals surface area (Å²) in [4.78, 5) is 7.86. The molecule has 0 aromatic carbocycles. The van der Waals surface area contributed by atoms with Crippen molar-refractivity contribution in [2.75, 3.05) is 30.9 Å². The van der Waals surface area contributed by atoms with Gasteiger partial charge in [-0.1, -0.05) is 35.9 Å². The highest BCUT2D eigenvalue weighted by molar-refractivity contribution is 14.1. The molecule has 0 atom stereocenters. The summed E-state index contributed by atoms with van der Waals surface area (Å²) in [6.07, 6.45) is 24.6. The Morgan fingerprint density at radius 2 is 1.19 bits per heavy atom. The van der Waals surface area contributed by atoms with Gasteiger partial charge in [-0.2, -0.15) is 9.13 Å². The average Bonchev–Trinajstić information content (AvgIpc) is 3.72. The second-order valence-electron chi connectivity index (χ2n) is 7.70. The summed E-state index contributed by atoms with van der Waals surface area (Å²) >= 11 is 2.10. The van der Waals surface area contributed by atoms with Crippen molar-refractivity contribution < 1.29 is 29.6 Å². The van der Waals surface area contributed by atoms with Crippen LogP contribution in [0.3, 0.4) is 0 Å². The summed E-state index contributed by atoms with van der Waals surface area (Å²) in [7, 11) is 0. The Bertz CT molecular complexity index is 927. The van der Waals surface area contributed by atoms with Gasteiger partial charge >= 0.3 is 0 Å². The van der Waals surface area contributed by atoms with Crippen LogP contribution in [-0.2, 0) is 26.4 Å². The molecule has 4 aromatic heterocycles. The first-order valence-corrected chi connectivity index (χ1v) is 13.6. The zero-order valence-corrected chi connectivity index (χ0v) is 23.6. The number of aliphatic hydroxyl groups excluding tert-OH is 4. The molecule has 0 saturated heterocycles. The van der Waals surface area contributed by atoms with E-state index in [1.165, 1.54) is 0 Å². The summed E-state index contributed by atoms with van der Waals surface area (Å²) < 4.78 is 12.7. The maximum absolute atomic E-state index is 8.82. The van der Waals surface area contributed by atoms with Gasteiger partial charge in [-0.15, -0.1) is 0 Å². The summed E-state index contributed by atoms with van der Waals surface area (Å²) in [5, 5.41) is 33.6. The molecule has 0 saturated carbocycles. The van der Waals surface area contributed by atoms with Crippen molar-refractivity contribution in [3.05, 3.63) is 74.9 Å². The van der Waals surface area contributed by atoms with E-state index in [2.05, 4.69) is 39.5 Å². The van der Waals surface area contributed by atoms with Gasteiger partial charge in [-0.3, -0.25) is 0 Å². The van der Waals surface area contributed by atoms with Gasteiger partial charge in [0.15, 0.2) is 0 Å². The lowest BCUT2D eigenvalue weighted by Gasteiger charge is -2.00. The molecule has 0 amide bonds. The number of hydrogen-bond donors (Lipinski definition) is 4. The Hall–Kier alpha value is -2.59. The molecule has 0 aliphatic heterocycles. The van der Waals surface area contributed by atoms with Crippen molar-refractivity contribution in [1.29, 1.82) is 0 Å². The Morgan fingerprint density at radius 3 is 1.49 bits per heavy atom. The number of unbranched alkanes of at least 4 members (excludes halogenated alkanes) is 1. The van der Waals surface area contributed by atoms with E-state index < -0.39 is 0 Å². The SMILES string of the molecule is CCCCO.OCCI.OCCn1cc[n+](C[n+]2ccn(CCO)c2)c1.c1cn(Cn2ccnc2)cn1. The largest absolute Gasteiger partial charge is 0.396 e. The molecule has 0 fully saturated rings. The molecule has 4 rings (SSSR count). The zero-order chi connectivity index (χ0) is 27.1. The maximum Gasteiger partial charge on any atom is 0.247 e. The van der Waals surface area contributed by atoms with E-state index in [0.29, 0.717) is 26.3 Å².